The maximum Gasteiger partial charge on any atom is 0.0528 e. The van der Waals surface area contributed by atoms with Crippen LogP contribution in [0.3, 0.4) is 0 Å². The lowest BCUT2D eigenvalue weighted by Crippen LogP contribution is -2.26. The van der Waals surface area contributed by atoms with Gasteiger partial charge in [-0.15, -0.1) is 0 Å². The predicted molar refractivity (Wildman–Crippen MR) is 113 cm³/mol. The third-order valence-electron chi connectivity index (χ3n) is 4.82. The molecule has 0 aliphatic rings. The second-order valence-corrected chi connectivity index (χ2v) is 7.70. The lowest BCUT2D eigenvalue weighted by atomic mass is 9.79. The van der Waals surface area contributed by atoms with Crippen molar-refractivity contribution in [2.24, 2.45) is 0 Å². The van der Waals surface area contributed by atoms with Crippen LogP contribution in [0.5, 0.6) is 0 Å². The summed E-state index contributed by atoms with van der Waals surface area (Å²) >= 11 is 3.48. The molecule has 0 amide bonds. The van der Waals surface area contributed by atoms with E-state index in [2.05, 4.69) is 89.6 Å². The summed E-state index contributed by atoms with van der Waals surface area (Å²) in [6, 6.07) is 29.1. The van der Waals surface area contributed by atoms with Gasteiger partial charge in [-0.3, -0.25) is 0 Å². The maximum atomic E-state index is 10.1. The van der Waals surface area contributed by atoms with E-state index in [1.807, 2.05) is 24.3 Å². The molecule has 3 aromatic carbocycles. The summed E-state index contributed by atoms with van der Waals surface area (Å²) in [5.74, 6) is 0. The Balaban J connectivity index is 1.98. The van der Waals surface area contributed by atoms with Crippen molar-refractivity contribution < 1.29 is 5.11 Å². The van der Waals surface area contributed by atoms with E-state index < -0.39 is 0 Å². The van der Waals surface area contributed by atoms with Gasteiger partial charge in [0, 0.05) is 9.89 Å². The molecular formula is C24H23BrO. The van der Waals surface area contributed by atoms with Crippen molar-refractivity contribution in [3.63, 3.8) is 0 Å². The van der Waals surface area contributed by atoms with E-state index in [4.69, 9.17) is 0 Å². The van der Waals surface area contributed by atoms with E-state index in [1.54, 1.807) is 0 Å². The van der Waals surface area contributed by atoms with Gasteiger partial charge >= 0.3 is 0 Å². The van der Waals surface area contributed by atoms with Crippen LogP contribution in [-0.4, -0.2) is 11.7 Å². The number of allylic oxidation sites excluding steroid dienone is 1. The third kappa shape index (κ3) is 4.32. The first-order valence-corrected chi connectivity index (χ1v) is 9.59. The van der Waals surface area contributed by atoms with Gasteiger partial charge in [-0.2, -0.15) is 0 Å². The van der Waals surface area contributed by atoms with Crippen LogP contribution in [0.1, 0.15) is 30.0 Å². The zero-order chi connectivity index (χ0) is 18.4. The van der Waals surface area contributed by atoms with Crippen LogP contribution in [0.2, 0.25) is 0 Å². The molecule has 0 heterocycles. The molecule has 3 aromatic rings. The summed E-state index contributed by atoms with van der Waals surface area (Å²) in [6.07, 6.45) is 3.01. The van der Waals surface area contributed by atoms with E-state index >= 15 is 0 Å². The molecule has 0 fully saturated rings. The average Bonchev–Trinajstić information content (AvgIpc) is 2.70. The van der Waals surface area contributed by atoms with E-state index in [1.165, 1.54) is 16.7 Å². The molecule has 0 bridgehead atoms. The van der Waals surface area contributed by atoms with Gasteiger partial charge in [0.25, 0.3) is 0 Å². The van der Waals surface area contributed by atoms with Crippen molar-refractivity contribution in [2.45, 2.75) is 18.8 Å². The van der Waals surface area contributed by atoms with Crippen LogP contribution in [0.15, 0.2) is 95.5 Å². The molecule has 0 aromatic heterocycles. The molecule has 132 valence electrons. The minimum Gasteiger partial charge on any atom is -0.395 e. The second kappa shape index (κ2) is 8.48. The van der Waals surface area contributed by atoms with Crippen LogP contribution in [0.4, 0.5) is 0 Å². The molecule has 1 atom stereocenters. The minimum absolute atomic E-state index is 0.0992. The Morgan fingerprint density at radius 1 is 0.846 bits per heavy atom. The molecule has 0 saturated heterocycles. The van der Waals surface area contributed by atoms with Crippen LogP contribution in [0.25, 0.3) is 5.57 Å². The van der Waals surface area contributed by atoms with Gasteiger partial charge in [0.1, 0.15) is 0 Å². The van der Waals surface area contributed by atoms with Crippen molar-refractivity contribution >= 4 is 21.5 Å². The Hall–Kier alpha value is -2.16. The molecule has 3 rings (SSSR count). The molecule has 0 saturated carbocycles. The van der Waals surface area contributed by atoms with E-state index in [-0.39, 0.29) is 12.0 Å². The number of aliphatic hydroxyl groups is 1. The monoisotopic (exact) mass is 406 g/mol. The van der Waals surface area contributed by atoms with Gasteiger partial charge in [-0.25, -0.2) is 0 Å². The first-order valence-electron chi connectivity index (χ1n) is 8.80. The van der Waals surface area contributed by atoms with E-state index in [0.717, 1.165) is 16.5 Å². The van der Waals surface area contributed by atoms with Gasteiger partial charge in [-0.05, 0) is 40.8 Å². The summed E-state index contributed by atoms with van der Waals surface area (Å²) in [7, 11) is 0. The number of rotatable bonds is 6. The summed E-state index contributed by atoms with van der Waals surface area (Å²) in [6.45, 7) is 2.21. The molecule has 26 heavy (non-hydrogen) atoms. The van der Waals surface area contributed by atoms with Gasteiger partial charge in [0.15, 0.2) is 0 Å². The van der Waals surface area contributed by atoms with Gasteiger partial charge < -0.3 is 5.11 Å². The number of halogens is 1. The molecule has 0 aliphatic heterocycles. The topological polar surface area (TPSA) is 20.2 Å². The summed E-state index contributed by atoms with van der Waals surface area (Å²) < 4.78 is 1.05. The SMILES string of the molecule is CC(CO)(CC=C(c1ccccc1)c1ccccc1)c1ccc(Br)cc1. The third-order valence-corrected chi connectivity index (χ3v) is 5.35. The van der Waals surface area contributed by atoms with Crippen molar-refractivity contribution in [1.82, 2.24) is 0 Å². The molecule has 0 radical (unpaired) electrons. The molecule has 1 nitrogen and oxygen atoms in total. The highest BCUT2D eigenvalue weighted by molar-refractivity contribution is 9.10. The lowest BCUT2D eigenvalue weighted by molar-refractivity contribution is 0.207. The fraction of sp³-hybridized carbons (Fsp3) is 0.167. The summed E-state index contributed by atoms with van der Waals surface area (Å²) in [4.78, 5) is 0. The first kappa shape index (κ1) is 18.6. The largest absolute Gasteiger partial charge is 0.395 e. The Bertz CT molecular complexity index is 812. The molecule has 1 unspecified atom stereocenters. The normalized spacial score (nSPS) is 13.0. The van der Waals surface area contributed by atoms with E-state index in [0.29, 0.717) is 0 Å². The van der Waals surface area contributed by atoms with Crippen molar-refractivity contribution in [3.05, 3.63) is 112 Å². The Labute approximate surface area is 164 Å². The number of benzene rings is 3. The zero-order valence-corrected chi connectivity index (χ0v) is 16.5. The molecule has 2 heteroatoms. The molecule has 0 spiro atoms. The van der Waals surface area contributed by atoms with Crippen LogP contribution < -0.4 is 0 Å². The van der Waals surface area contributed by atoms with Crippen LogP contribution in [0, 0.1) is 0 Å². The Kier molecular flexibility index (Phi) is 6.08. The lowest BCUT2D eigenvalue weighted by Gasteiger charge is -2.27. The minimum atomic E-state index is -0.324. The Morgan fingerprint density at radius 3 is 1.81 bits per heavy atom. The van der Waals surface area contributed by atoms with Crippen molar-refractivity contribution in [3.8, 4) is 0 Å². The molecule has 1 N–H and O–H groups in total. The number of aliphatic hydroxyl groups excluding tert-OH is 1. The van der Waals surface area contributed by atoms with Gasteiger partial charge in [0.2, 0.25) is 0 Å². The van der Waals surface area contributed by atoms with E-state index in [9.17, 15) is 5.11 Å². The smallest absolute Gasteiger partial charge is 0.0528 e. The summed E-state index contributed by atoms with van der Waals surface area (Å²) in [5, 5.41) is 10.1. The van der Waals surface area contributed by atoms with Crippen LogP contribution >= 0.6 is 15.9 Å². The van der Waals surface area contributed by atoms with Gasteiger partial charge in [-0.1, -0.05) is 102 Å². The molecule has 0 aliphatic carbocycles. The second-order valence-electron chi connectivity index (χ2n) is 6.78. The fourth-order valence-corrected chi connectivity index (χ4v) is 3.36. The van der Waals surface area contributed by atoms with Crippen molar-refractivity contribution in [1.29, 1.82) is 0 Å². The number of hydrogen-bond acceptors (Lipinski definition) is 1. The quantitative estimate of drug-likeness (QED) is 0.514. The predicted octanol–water partition coefficient (Wildman–Crippen LogP) is 6.22. The highest BCUT2D eigenvalue weighted by Crippen LogP contribution is 2.32. The maximum absolute atomic E-state index is 10.1. The van der Waals surface area contributed by atoms with Gasteiger partial charge in [0.05, 0.1) is 6.61 Å². The zero-order valence-electron chi connectivity index (χ0n) is 14.9. The standard InChI is InChI=1S/C24H23BrO/c1-24(18-26,21-12-14-22(25)15-13-21)17-16-23(19-8-4-2-5-9-19)20-10-6-3-7-11-20/h2-16,26H,17-18H2,1H3. The van der Waals surface area contributed by atoms with Crippen molar-refractivity contribution in [2.75, 3.05) is 6.61 Å². The highest BCUT2D eigenvalue weighted by atomic mass is 79.9. The van der Waals surface area contributed by atoms with Crippen LogP contribution in [-0.2, 0) is 5.41 Å². The average molecular weight is 407 g/mol. The summed E-state index contributed by atoms with van der Waals surface area (Å²) in [5.41, 5.74) is 4.39. The Morgan fingerprint density at radius 2 is 1.35 bits per heavy atom. The first-order chi connectivity index (χ1) is 12.6. The number of hydrogen-bond donors (Lipinski definition) is 1. The highest BCUT2D eigenvalue weighted by Gasteiger charge is 2.25. The fourth-order valence-electron chi connectivity index (χ4n) is 3.09. The molecular weight excluding hydrogens is 384 g/mol.